The lowest BCUT2D eigenvalue weighted by Gasteiger charge is -1.98. The van der Waals surface area contributed by atoms with Crippen LogP contribution in [0.3, 0.4) is 0 Å². The average Bonchev–Trinajstić information content (AvgIpc) is 2.39. The predicted molar refractivity (Wildman–Crippen MR) is 102 cm³/mol. The fourth-order valence-electron chi connectivity index (χ4n) is 2.01. The van der Waals surface area contributed by atoms with Gasteiger partial charge in [-0.05, 0) is 47.4 Å². The maximum absolute atomic E-state index is 2.47. The van der Waals surface area contributed by atoms with Crippen molar-refractivity contribution in [3.63, 3.8) is 0 Å². The summed E-state index contributed by atoms with van der Waals surface area (Å²) in [5.74, 6) is 0. The second-order valence-electron chi connectivity index (χ2n) is 4.96. The number of rotatable bonds is 14. The Kier molecular flexibility index (Phi) is 19.4. The zero-order valence-electron chi connectivity index (χ0n) is 11.8. The molecule has 0 spiro atoms. The van der Waals surface area contributed by atoms with Crippen molar-refractivity contribution >= 4 is 45.2 Å². The molecule has 0 aromatic carbocycles. The number of hydrogen-bond acceptors (Lipinski definition) is 0. The van der Waals surface area contributed by atoms with E-state index in [9.17, 15) is 0 Å². The van der Waals surface area contributed by atoms with E-state index in [1.807, 2.05) is 0 Å². The largest absolute Gasteiger partial charge is 0.0885 e. The first-order valence-electron chi connectivity index (χ1n) is 7.68. The number of allylic oxidation sites excluding steroid dienone is 2. The lowest BCUT2D eigenvalue weighted by atomic mass is 10.1. The third kappa shape index (κ3) is 17.2. The monoisotopic (exact) mass is 476 g/mol. The molecule has 0 aromatic heterocycles. The molecule has 0 aliphatic carbocycles. The molecular formula is C16H30I2. The normalized spacial score (nSPS) is 11.4. The van der Waals surface area contributed by atoms with Gasteiger partial charge in [0.1, 0.15) is 0 Å². The Bertz CT molecular complexity index is 148. The van der Waals surface area contributed by atoms with Crippen molar-refractivity contribution in [1.82, 2.24) is 0 Å². The van der Waals surface area contributed by atoms with E-state index in [-0.39, 0.29) is 0 Å². The number of unbranched alkanes of at least 4 members (excludes halogenated alkanes) is 10. The Hall–Kier alpha value is 1.20. The highest BCUT2D eigenvalue weighted by atomic mass is 127. The quantitative estimate of drug-likeness (QED) is 0.109. The minimum Gasteiger partial charge on any atom is -0.0885 e. The van der Waals surface area contributed by atoms with Crippen LogP contribution in [0.2, 0.25) is 0 Å². The number of alkyl halides is 2. The van der Waals surface area contributed by atoms with Crippen LogP contribution in [0.4, 0.5) is 0 Å². The molecule has 0 unspecified atom stereocenters. The van der Waals surface area contributed by atoms with Crippen molar-refractivity contribution in [1.29, 1.82) is 0 Å². The van der Waals surface area contributed by atoms with E-state index in [1.165, 1.54) is 85.9 Å². The minimum absolute atomic E-state index is 1.30. The van der Waals surface area contributed by atoms with Crippen LogP contribution in [0.1, 0.15) is 77.0 Å². The van der Waals surface area contributed by atoms with Gasteiger partial charge in [-0.15, -0.1) is 0 Å². The molecule has 0 rings (SSSR count). The minimum atomic E-state index is 1.30. The van der Waals surface area contributed by atoms with Crippen molar-refractivity contribution in [2.24, 2.45) is 0 Å². The van der Waals surface area contributed by atoms with Gasteiger partial charge in [-0.2, -0.15) is 0 Å². The molecule has 0 amide bonds. The molecule has 0 heterocycles. The van der Waals surface area contributed by atoms with E-state index in [2.05, 4.69) is 57.3 Å². The zero-order valence-corrected chi connectivity index (χ0v) is 16.1. The molecule has 0 aromatic rings. The van der Waals surface area contributed by atoms with Crippen molar-refractivity contribution in [2.75, 3.05) is 8.86 Å². The molecule has 18 heavy (non-hydrogen) atoms. The zero-order chi connectivity index (χ0) is 13.3. The maximum Gasteiger partial charge on any atom is -0.000473 e. The molecule has 2 heteroatoms. The molecule has 108 valence electrons. The summed E-state index contributed by atoms with van der Waals surface area (Å²) in [7, 11) is 0. The average molecular weight is 476 g/mol. The summed E-state index contributed by atoms with van der Waals surface area (Å²) in [4.78, 5) is 0. The first-order valence-corrected chi connectivity index (χ1v) is 10.7. The van der Waals surface area contributed by atoms with Crippen molar-refractivity contribution < 1.29 is 0 Å². The molecule has 0 atom stereocenters. The van der Waals surface area contributed by atoms with E-state index in [4.69, 9.17) is 0 Å². The van der Waals surface area contributed by atoms with Crippen LogP contribution in [-0.2, 0) is 0 Å². The van der Waals surface area contributed by atoms with Crippen molar-refractivity contribution in [3.05, 3.63) is 12.2 Å². The third-order valence-corrected chi connectivity index (χ3v) is 4.70. The molecule has 0 saturated carbocycles. The van der Waals surface area contributed by atoms with E-state index in [1.54, 1.807) is 0 Å². The van der Waals surface area contributed by atoms with Crippen LogP contribution in [0.25, 0.3) is 0 Å². The van der Waals surface area contributed by atoms with Gasteiger partial charge < -0.3 is 0 Å². The molecule has 0 aliphatic heterocycles. The highest BCUT2D eigenvalue weighted by molar-refractivity contribution is 14.1. The summed E-state index contributed by atoms with van der Waals surface area (Å²) in [6.07, 6.45) is 21.6. The lowest BCUT2D eigenvalue weighted by molar-refractivity contribution is 0.635. The van der Waals surface area contributed by atoms with Gasteiger partial charge in [0.15, 0.2) is 0 Å². The summed E-state index contributed by atoms with van der Waals surface area (Å²) in [5, 5.41) is 0. The van der Waals surface area contributed by atoms with E-state index >= 15 is 0 Å². The SMILES string of the molecule is ICCCCCCCC=CCCCCCCCI. The number of hydrogen-bond donors (Lipinski definition) is 0. The molecule has 0 N–H and O–H groups in total. The Morgan fingerprint density at radius 2 is 0.778 bits per heavy atom. The smallest absolute Gasteiger partial charge is 0.000473 e. The lowest BCUT2D eigenvalue weighted by Crippen LogP contribution is -1.80. The Morgan fingerprint density at radius 1 is 0.444 bits per heavy atom. The van der Waals surface area contributed by atoms with Gasteiger partial charge in [0.2, 0.25) is 0 Å². The van der Waals surface area contributed by atoms with Gasteiger partial charge >= 0.3 is 0 Å². The van der Waals surface area contributed by atoms with E-state index < -0.39 is 0 Å². The summed E-state index contributed by atoms with van der Waals surface area (Å²) in [6, 6.07) is 0. The molecule has 0 bridgehead atoms. The van der Waals surface area contributed by atoms with E-state index in [0.717, 1.165) is 0 Å². The van der Waals surface area contributed by atoms with Crippen LogP contribution in [0.5, 0.6) is 0 Å². The Labute approximate surface area is 142 Å². The Balaban J connectivity index is 3.00. The third-order valence-electron chi connectivity index (χ3n) is 3.18. The van der Waals surface area contributed by atoms with Crippen LogP contribution >= 0.6 is 45.2 Å². The molecule has 0 fully saturated rings. The molecule has 0 radical (unpaired) electrons. The fourth-order valence-corrected chi connectivity index (χ4v) is 3.09. The number of halogens is 2. The predicted octanol–water partition coefficient (Wildman–Crippen LogP) is 7.09. The first kappa shape index (κ1) is 19.2. The highest BCUT2D eigenvalue weighted by Gasteiger charge is 1.90. The first-order chi connectivity index (χ1) is 8.91. The molecule has 0 saturated heterocycles. The summed E-state index contributed by atoms with van der Waals surface area (Å²) < 4.78 is 2.66. The van der Waals surface area contributed by atoms with Gasteiger partial charge in [0.05, 0.1) is 0 Å². The van der Waals surface area contributed by atoms with Crippen molar-refractivity contribution in [2.45, 2.75) is 77.0 Å². The van der Waals surface area contributed by atoms with Gasteiger partial charge in [0, 0.05) is 0 Å². The topological polar surface area (TPSA) is 0 Å². The van der Waals surface area contributed by atoms with Gasteiger partial charge in [-0.1, -0.05) is 95.9 Å². The summed E-state index contributed by atoms with van der Waals surface area (Å²) in [5.41, 5.74) is 0. The van der Waals surface area contributed by atoms with E-state index in [0.29, 0.717) is 0 Å². The van der Waals surface area contributed by atoms with Gasteiger partial charge in [0.25, 0.3) is 0 Å². The van der Waals surface area contributed by atoms with Crippen LogP contribution < -0.4 is 0 Å². The molecule has 0 nitrogen and oxygen atoms in total. The summed E-state index contributed by atoms with van der Waals surface area (Å²) in [6.45, 7) is 0. The molecular weight excluding hydrogens is 446 g/mol. The Morgan fingerprint density at radius 3 is 1.17 bits per heavy atom. The van der Waals surface area contributed by atoms with Crippen molar-refractivity contribution in [3.8, 4) is 0 Å². The van der Waals surface area contributed by atoms with Crippen LogP contribution in [0, 0.1) is 0 Å². The maximum atomic E-state index is 2.47. The van der Waals surface area contributed by atoms with Gasteiger partial charge in [-0.3, -0.25) is 0 Å². The fraction of sp³-hybridized carbons (Fsp3) is 0.875. The highest BCUT2D eigenvalue weighted by Crippen LogP contribution is 2.09. The second-order valence-corrected chi connectivity index (χ2v) is 7.12. The van der Waals surface area contributed by atoms with Crippen LogP contribution in [-0.4, -0.2) is 8.86 Å². The second kappa shape index (κ2) is 18.2. The molecule has 0 aliphatic rings. The standard InChI is InChI=1S/C16H30I2/c17-15-13-11-9-7-5-3-1-2-4-6-8-10-12-14-16-18/h1-2H,3-16H2. The van der Waals surface area contributed by atoms with Gasteiger partial charge in [-0.25, -0.2) is 0 Å². The summed E-state index contributed by atoms with van der Waals surface area (Å²) >= 11 is 4.95. The van der Waals surface area contributed by atoms with Crippen LogP contribution in [0.15, 0.2) is 12.2 Å².